The quantitative estimate of drug-likeness (QED) is 0.0802. The topological polar surface area (TPSA) is 17.1 Å². The minimum absolute atomic E-state index is 0. The van der Waals surface area contributed by atoms with Crippen LogP contribution in [0.5, 0.6) is 0 Å². The molecule has 9 aromatic carbocycles. The van der Waals surface area contributed by atoms with E-state index >= 15 is 0 Å². The fourth-order valence-electron chi connectivity index (χ4n) is 6.94. The van der Waals surface area contributed by atoms with Gasteiger partial charge in [0.25, 0.3) is 0 Å². The van der Waals surface area contributed by atoms with E-state index in [1.54, 1.807) is 0 Å². The molecule has 0 amide bonds. The van der Waals surface area contributed by atoms with Gasteiger partial charge in [-0.2, -0.15) is 0 Å². The van der Waals surface area contributed by atoms with Crippen LogP contribution >= 0.6 is 23.8 Å². The zero-order chi connectivity index (χ0) is 40.7. The maximum Gasteiger partial charge on any atom is 0.102 e. The van der Waals surface area contributed by atoms with Gasteiger partial charge in [-0.15, -0.1) is 0 Å². The SMILES string of the molecule is [CH-]=O.[Ir].c1ccc([PH+](c2ccccc2)c2ccccc2)cc1.c1ccc([PH+](c2ccccc2)c2ccccc2)cc1.c1ccc([PH+](c2ccccc2)c2ccccc2)cc1. The third-order valence-corrected chi connectivity index (χ3v) is 17.8. The summed E-state index contributed by atoms with van der Waals surface area (Å²) in [7, 11) is -2.63. The van der Waals surface area contributed by atoms with Gasteiger partial charge in [0, 0.05) is 20.1 Å². The minimum Gasteiger partial charge on any atom is -0.545 e. The molecule has 0 aromatic heterocycles. The largest absolute Gasteiger partial charge is 0.545 e. The molecule has 0 atom stereocenters. The number of benzene rings is 9. The molecule has 0 fully saturated rings. The Hall–Kier alpha value is -5.41. The zero-order valence-corrected chi connectivity index (χ0v) is 38.7. The summed E-state index contributed by atoms with van der Waals surface area (Å²) in [6.07, 6.45) is 0. The summed E-state index contributed by atoms with van der Waals surface area (Å²) in [4.78, 5) is 7.75. The standard InChI is InChI=1S/3C18H15P.CHO.Ir/c3*1-4-10-16(11-5-1)19(17-12-6-2-7-13-17)18-14-8-3-9-15-18;1-2;/h3*1-15H;1H;/q;;;-1;/p+3. The van der Waals surface area contributed by atoms with Gasteiger partial charge in [-0.3, -0.25) is 6.79 Å². The molecule has 0 heterocycles. The molecule has 297 valence electrons. The summed E-state index contributed by atoms with van der Waals surface area (Å²) in [6.45, 7) is 3.25. The Morgan fingerprint density at radius 2 is 0.267 bits per heavy atom. The molecule has 0 aliphatic heterocycles. The van der Waals surface area contributed by atoms with Gasteiger partial charge in [0.05, 0.1) is 23.8 Å². The fourth-order valence-corrected chi connectivity index (χ4v) is 14.7. The Morgan fingerprint density at radius 1 is 0.183 bits per heavy atom. The van der Waals surface area contributed by atoms with Gasteiger partial charge in [-0.1, -0.05) is 164 Å². The summed E-state index contributed by atoms with van der Waals surface area (Å²) < 4.78 is 0. The predicted molar refractivity (Wildman–Crippen MR) is 266 cm³/mol. The van der Waals surface area contributed by atoms with Crippen LogP contribution in [0, 0.1) is 0 Å². The minimum atomic E-state index is -0.877. The van der Waals surface area contributed by atoms with E-state index in [2.05, 4.69) is 280 Å². The van der Waals surface area contributed by atoms with Crippen molar-refractivity contribution in [1.29, 1.82) is 0 Å². The molecular weight excluding hydrogens is 962 g/mol. The first kappa shape index (κ1) is 45.7. The van der Waals surface area contributed by atoms with E-state index in [4.69, 9.17) is 4.79 Å². The van der Waals surface area contributed by atoms with Crippen molar-refractivity contribution in [2.45, 2.75) is 0 Å². The van der Waals surface area contributed by atoms with Crippen molar-refractivity contribution < 1.29 is 24.9 Å². The summed E-state index contributed by atoms with van der Waals surface area (Å²) in [5, 5.41) is 12.9. The summed E-state index contributed by atoms with van der Waals surface area (Å²) in [5.41, 5.74) is 0. The van der Waals surface area contributed by atoms with Crippen LogP contribution in [0.4, 0.5) is 0 Å². The molecule has 1 radical (unpaired) electrons. The molecule has 60 heavy (non-hydrogen) atoms. The first-order valence-electron chi connectivity index (χ1n) is 19.7. The second-order valence-corrected chi connectivity index (χ2v) is 20.9. The number of carbonyl (C=O) groups excluding carboxylic acids is 1. The van der Waals surface area contributed by atoms with E-state index in [1.807, 2.05) is 0 Å². The molecule has 0 spiro atoms. The molecule has 9 rings (SSSR count). The van der Waals surface area contributed by atoms with E-state index in [1.165, 1.54) is 47.7 Å². The molecule has 0 unspecified atom stereocenters. The number of hydrogen-bond donors (Lipinski definition) is 0. The summed E-state index contributed by atoms with van der Waals surface area (Å²) in [6, 6.07) is 97.5. The van der Waals surface area contributed by atoms with Gasteiger partial charge in [0.1, 0.15) is 47.7 Å². The van der Waals surface area contributed by atoms with Gasteiger partial charge >= 0.3 is 0 Å². The Kier molecular flexibility index (Phi) is 19.7. The van der Waals surface area contributed by atoms with E-state index < -0.39 is 23.8 Å². The van der Waals surface area contributed by atoms with Crippen LogP contribution in [0.25, 0.3) is 0 Å². The van der Waals surface area contributed by atoms with Crippen molar-refractivity contribution in [3.8, 4) is 0 Å². The van der Waals surface area contributed by atoms with Gasteiger partial charge in [-0.05, 0) is 109 Å². The third-order valence-electron chi connectivity index (χ3n) is 9.56. The van der Waals surface area contributed by atoms with Crippen molar-refractivity contribution in [3.05, 3.63) is 273 Å². The van der Waals surface area contributed by atoms with Crippen LogP contribution in [-0.2, 0) is 24.9 Å². The molecule has 0 aliphatic rings. The maximum absolute atomic E-state index is 7.75. The van der Waals surface area contributed by atoms with Crippen LogP contribution < -0.4 is 47.7 Å². The Labute approximate surface area is 373 Å². The normalized spacial score (nSPS) is 10.1. The third kappa shape index (κ3) is 13.3. The van der Waals surface area contributed by atoms with Gasteiger partial charge in [0.2, 0.25) is 0 Å². The van der Waals surface area contributed by atoms with E-state index in [9.17, 15) is 0 Å². The summed E-state index contributed by atoms with van der Waals surface area (Å²) >= 11 is 0. The molecule has 9 aromatic rings. The molecule has 5 heteroatoms. The maximum atomic E-state index is 7.75. The van der Waals surface area contributed by atoms with Crippen molar-refractivity contribution in [2.75, 3.05) is 0 Å². The zero-order valence-electron chi connectivity index (χ0n) is 33.3. The molecule has 1 nitrogen and oxygen atoms in total. The van der Waals surface area contributed by atoms with Crippen molar-refractivity contribution in [2.24, 2.45) is 0 Å². The molecule has 0 saturated heterocycles. The average molecular weight is 1010 g/mol. The molecule has 0 saturated carbocycles. The average Bonchev–Trinajstić information content (AvgIpc) is 3.34. The number of hydrogen-bond acceptors (Lipinski definition) is 1. The van der Waals surface area contributed by atoms with E-state index in [-0.39, 0.29) is 20.1 Å². The van der Waals surface area contributed by atoms with Crippen LogP contribution in [0.2, 0.25) is 0 Å². The Bertz CT molecular complexity index is 1890. The van der Waals surface area contributed by atoms with Crippen LogP contribution in [0.1, 0.15) is 0 Å². The van der Waals surface area contributed by atoms with Gasteiger partial charge in [0.15, 0.2) is 0 Å². The molecule has 0 bridgehead atoms. The van der Waals surface area contributed by atoms with Gasteiger partial charge in [-0.25, -0.2) is 0 Å². The molecular formula is C55H49IrOP3+2. The molecule has 0 aliphatic carbocycles. The van der Waals surface area contributed by atoms with E-state index in [0.717, 1.165) is 0 Å². The van der Waals surface area contributed by atoms with Crippen LogP contribution in [0.15, 0.2) is 273 Å². The first-order chi connectivity index (χ1) is 29.3. The smallest absolute Gasteiger partial charge is 0.102 e. The summed E-state index contributed by atoms with van der Waals surface area (Å²) in [5.74, 6) is 0. The van der Waals surface area contributed by atoms with Crippen LogP contribution in [-0.4, -0.2) is 6.79 Å². The first-order valence-corrected chi connectivity index (χ1v) is 24.2. The van der Waals surface area contributed by atoms with Crippen molar-refractivity contribution in [3.63, 3.8) is 0 Å². The van der Waals surface area contributed by atoms with Gasteiger partial charge < -0.3 is 4.79 Å². The van der Waals surface area contributed by atoms with Crippen molar-refractivity contribution in [1.82, 2.24) is 0 Å². The fraction of sp³-hybridized carbons (Fsp3) is 0. The van der Waals surface area contributed by atoms with Crippen LogP contribution in [0.3, 0.4) is 0 Å². The van der Waals surface area contributed by atoms with Crippen molar-refractivity contribution >= 4 is 78.3 Å². The number of rotatable bonds is 9. The Balaban J connectivity index is 0.000000166. The predicted octanol–water partition coefficient (Wildman–Crippen LogP) is 9.25. The van der Waals surface area contributed by atoms with E-state index in [0.29, 0.717) is 0 Å². The second-order valence-electron chi connectivity index (χ2n) is 13.4. The molecule has 0 N–H and O–H groups in total. The Morgan fingerprint density at radius 3 is 0.350 bits per heavy atom. The monoisotopic (exact) mass is 1010 g/mol. The second kappa shape index (κ2) is 25.9.